The van der Waals surface area contributed by atoms with Gasteiger partial charge in [-0.3, -0.25) is 0 Å². The van der Waals surface area contributed by atoms with Gasteiger partial charge in [0.05, 0.1) is 0 Å². The summed E-state index contributed by atoms with van der Waals surface area (Å²) in [6.07, 6.45) is 0.767. The van der Waals surface area contributed by atoms with Crippen molar-refractivity contribution in [3.05, 3.63) is 40.2 Å². The lowest BCUT2D eigenvalue weighted by Crippen LogP contribution is -2.10. The zero-order chi connectivity index (χ0) is 13.1. The average Bonchev–Trinajstić information content (AvgIpc) is 2.38. The molecule has 2 rings (SSSR count). The van der Waals surface area contributed by atoms with Crippen LogP contribution in [0.25, 0.3) is 11.4 Å². The van der Waals surface area contributed by atoms with Crippen molar-refractivity contribution in [2.24, 2.45) is 5.84 Å². The van der Waals surface area contributed by atoms with Crippen molar-refractivity contribution in [2.45, 2.75) is 13.3 Å². The van der Waals surface area contributed by atoms with Gasteiger partial charge in [0.25, 0.3) is 0 Å². The number of benzene rings is 1. The summed E-state index contributed by atoms with van der Waals surface area (Å²) in [5.74, 6) is 6.10. The van der Waals surface area contributed by atoms with Gasteiger partial charge in [-0.25, -0.2) is 20.2 Å². The summed E-state index contributed by atoms with van der Waals surface area (Å²) in [5.41, 5.74) is 4.09. The van der Waals surface area contributed by atoms with Gasteiger partial charge in [-0.2, -0.15) is 0 Å². The van der Waals surface area contributed by atoms with Gasteiger partial charge in [-0.15, -0.1) is 0 Å². The number of nitrogens with two attached hydrogens (primary N) is 1. The number of halogens is 2. The second kappa shape index (κ2) is 5.41. The first-order chi connectivity index (χ1) is 8.63. The largest absolute Gasteiger partial charge is 0.308 e. The molecule has 1 aromatic carbocycles. The first-order valence-electron chi connectivity index (χ1n) is 5.44. The van der Waals surface area contributed by atoms with E-state index in [0.29, 0.717) is 16.1 Å². The van der Waals surface area contributed by atoms with Gasteiger partial charge in [0.1, 0.15) is 11.6 Å². The molecule has 0 radical (unpaired) electrons. The van der Waals surface area contributed by atoms with E-state index in [0.717, 1.165) is 17.7 Å². The van der Waals surface area contributed by atoms with Crippen molar-refractivity contribution in [1.29, 1.82) is 0 Å². The van der Waals surface area contributed by atoms with Crippen LogP contribution in [-0.4, -0.2) is 9.97 Å². The molecule has 1 heterocycles. The number of nitrogens with one attached hydrogen (secondary N) is 1. The summed E-state index contributed by atoms with van der Waals surface area (Å²) >= 11 is 3.31. The summed E-state index contributed by atoms with van der Waals surface area (Å²) in [6.45, 7) is 1.99. The minimum atomic E-state index is -0.311. The number of aromatic nitrogens is 2. The van der Waals surface area contributed by atoms with Gasteiger partial charge in [0.15, 0.2) is 5.82 Å². The molecule has 0 atom stereocenters. The fourth-order valence-electron chi connectivity index (χ4n) is 1.54. The smallest absolute Gasteiger partial charge is 0.162 e. The monoisotopic (exact) mass is 310 g/mol. The Morgan fingerprint density at radius 1 is 1.33 bits per heavy atom. The molecular weight excluding hydrogens is 299 g/mol. The Kier molecular flexibility index (Phi) is 3.88. The number of hydrazine groups is 1. The maximum atomic E-state index is 13.1. The van der Waals surface area contributed by atoms with E-state index in [-0.39, 0.29) is 5.82 Å². The molecule has 0 bridgehead atoms. The number of hydrogen-bond donors (Lipinski definition) is 2. The Hall–Kier alpha value is -1.53. The molecule has 94 valence electrons. The maximum absolute atomic E-state index is 13.1. The molecule has 0 spiro atoms. The molecule has 0 aliphatic heterocycles. The fourth-order valence-corrected chi connectivity index (χ4v) is 2.07. The summed E-state index contributed by atoms with van der Waals surface area (Å²) < 4.78 is 13.7. The van der Waals surface area contributed by atoms with Crippen LogP contribution < -0.4 is 11.3 Å². The van der Waals surface area contributed by atoms with Crippen LogP contribution in [0, 0.1) is 5.82 Å². The molecule has 0 unspecified atom stereocenters. The minimum Gasteiger partial charge on any atom is -0.308 e. The zero-order valence-electron chi connectivity index (χ0n) is 9.74. The molecule has 0 fully saturated rings. The molecule has 6 heteroatoms. The van der Waals surface area contributed by atoms with Crippen molar-refractivity contribution < 1.29 is 4.39 Å². The van der Waals surface area contributed by atoms with E-state index < -0.39 is 0 Å². The predicted molar refractivity (Wildman–Crippen MR) is 72.3 cm³/mol. The van der Waals surface area contributed by atoms with Crippen molar-refractivity contribution in [2.75, 3.05) is 5.43 Å². The van der Waals surface area contributed by atoms with Gasteiger partial charge < -0.3 is 5.43 Å². The third kappa shape index (κ3) is 2.65. The molecule has 0 saturated heterocycles. The Balaban J connectivity index is 2.55. The molecule has 4 nitrogen and oxygen atoms in total. The molecule has 1 aromatic heterocycles. The summed E-state index contributed by atoms with van der Waals surface area (Å²) in [4.78, 5) is 8.66. The minimum absolute atomic E-state index is 0.311. The number of nitrogens with zero attached hydrogens (tertiary/aromatic N) is 2. The zero-order valence-corrected chi connectivity index (χ0v) is 11.3. The van der Waals surface area contributed by atoms with E-state index in [1.165, 1.54) is 12.1 Å². The van der Waals surface area contributed by atoms with Gasteiger partial charge in [-0.1, -0.05) is 6.92 Å². The van der Waals surface area contributed by atoms with E-state index in [9.17, 15) is 4.39 Å². The number of nitrogen functional groups attached to an aromatic ring is 1. The second-order valence-electron chi connectivity index (χ2n) is 3.69. The molecule has 0 aliphatic carbocycles. The standard InChI is InChI=1S/C12H12BrFN4/c1-2-8-6-11(18-15)17-12(16-8)9-4-3-7(14)5-10(9)13/h3-6H,2,15H2,1H3,(H,16,17,18). The predicted octanol–water partition coefficient (Wildman–Crippen LogP) is 2.89. The Labute approximate surface area is 113 Å². The van der Waals surface area contributed by atoms with Crippen molar-refractivity contribution in [3.8, 4) is 11.4 Å². The van der Waals surface area contributed by atoms with Crippen LogP contribution in [0.1, 0.15) is 12.6 Å². The molecule has 2 aromatic rings. The molecule has 0 aliphatic rings. The highest BCUT2D eigenvalue weighted by Crippen LogP contribution is 2.27. The first kappa shape index (κ1) is 12.9. The summed E-state index contributed by atoms with van der Waals surface area (Å²) in [6, 6.07) is 6.17. The van der Waals surface area contributed by atoms with E-state index in [2.05, 4.69) is 31.3 Å². The quantitative estimate of drug-likeness (QED) is 0.676. The van der Waals surface area contributed by atoms with Crippen LogP contribution >= 0.6 is 15.9 Å². The van der Waals surface area contributed by atoms with Crippen molar-refractivity contribution in [1.82, 2.24) is 9.97 Å². The van der Waals surface area contributed by atoms with Gasteiger partial charge >= 0.3 is 0 Å². The van der Waals surface area contributed by atoms with Gasteiger partial charge in [0.2, 0.25) is 0 Å². The highest BCUT2D eigenvalue weighted by Gasteiger charge is 2.09. The molecular formula is C12H12BrFN4. The Bertz CT molecular complexity index is 552. The van der Waals surface area contributed by atoms with E-state index in [1.807, 2.05) is 6.92 Å². The lowest BCUT2D eigenvalue weighted by atomic mass is 10.2. The van der Waals surface area contributed by atoms with E-state index in [1.54, 1.807) is 12.1 Å². The third-order valence-corrected chi connectivity index (χ3v) is 3.12. The molecule has 0 amide bonds. The number of hydrogen-bond acceptors (Lipinski definition) is 4. The van der Waals surface area contributed by atoms with Gasteiger partial charge in [0, 0.05) is 21.8 Å². The van der Waals surface area contributed by atoms with Crippen LogP contribution in [0.3, 0.4) is 0 Å². The lowest BCUT2D eigenvalue weighted by Gasteiger charge is -2.08. The third-order valence-electron chi connectivity index (χ3n) is 2.46. The van der Waals surface area contributed by atoms with Crippen LogP contribution in [0.15, 0.2) is 28.7 Å². The molecule has 18 heavy (non-hydrogen) atoms. The SMILES string of the molecule is CCc1cc(NN)nc(-c2ccc(F)cc2Br)n1. The second-order valence-corrected chi connectivity index (χ2v) is 4.54. The fraction of sp³-hybridized carbons (Fsp3) is 0.167. The van der Waals surface area contributed by atoms with Crippen molar-refractivity contribution >= 4 is 21.7 Å². The Morgan fingerprint density at radius 2 is 2.11 bits per heavy atom. The van der Waals surface area contributed by atoms with Crippen LogP contribution in [-0.2, 0) is 6.42 Å². The van der Waals surface area contributed by atoms with Gasteiger partial charge in [-0.05, 0) is 40.5 Å². The number of rotatable bonds is 3. The maximum Gasteiger partial charge on any atom is 0.162 e. The van der Waals surface area contributed by atoms with Crippen LogP contribution in [0.2, 0.25) is 0 Å². The highest BCUT2D eigenvalue weighted by atomic mass is 79.9. The van der Waals surface area contributed by atoms with Crippen LogP contribution in [0.4, 0.5) is 10.2 Å². The number of anilines is 1. The average molecular weight is 311 g/mol. The summed E-state index contributed by atoms with van der Waals surface area (Å²) in [5, 5.41) is 0. The highest BCUT2D eigenvalue weighted by molar-refractivity contribution is 9.10. The summed E-state index contributed by atoms with van der Waals surface area (Å²) in [7, 11) is 0. The van der Waals surface area contributed by atoms with E-state index in [4.69, 9.17) is 5.84 Å². The first-order valence-corrected chi connectivity index (χ1v) is 6.23. The number of aryl methyl sites for hydroxylation is 1. The lowest BCUT2D eigenvalue weighted by molar-refractivity contribution is 0.627. The molecule has 0 saturated carbocycles. The normalized spacial score (nSPS) is 10.4. The topological polar surface area (TPSA) is 63.8 Å². The van der Waals surface area contributed by atoms with Crippen LogP contribution in [0.5, 0.6) is 0 Å². The van der Waals surface area contributed by atoms with E-state index >= 15 is 0 Å². The Morgan fingerprint density at radius 3 is 2.72 bits per heavy atom. The van der Waals surface area contributed by atoms with Crippen molar-refractivity contribution in [3.63, 3.8) is 0 Å². The molecule has 3 N–H and O–H groups in total.